The summed E-state index contributed by atoms with van der Waals surface area (Å²) >= 11 is 0. The third-order valence-corrected chi connectivity index (χ3v) is 5.43. The Hall–Kier alpha value is -1.25. The molecule has 1 rings (SSSR count). The van der Waals surface area contributed by atoms with Crippen LogP contribution in [0.2, 0.25) is 0 Å². The van der Waals surface area contributed by atoms with Gasteiger partial charge in [0.15, 0.2) is 6.29 Å². The lowest BCUT2D eigenvalue weighted by Gasteiger charge is -2.37. The first kappa shape index (κ1) is 27.8. The Morgan fingerprint density at radius 1 is 0.806 bits per heavy atom. The average Bonchev–Trinajstić information content (AvgIpc) is 2.76. The van der Waals surface area contributed by atoms with Crippen molar-refractivity contribution in [1.82, 2.24) is 0 Å². The smallest absolute Gasteiger partial charge is 0.305 e. The summed E-state index contributed by atoms with van der Waals surface area (Å²) in [5.41, 5.74) is 0. The molecule has 7 nitrogen and oxygen atoms in total. The maximum Gasteiger partial charge on any atom is 0.305 e. The third-order valence-electron chi connectivity index (χ3n) is 5.43. The van der Waals surface area contributed by atoms with E-state index in [1.54, 1.807) is 0 Å². The van der Waals surface area contributed by atoms with E-state index in [1.807, 2.05) is 0 Å². The normalized spacial score (nSPS) is 26.7. The highest BCUT2D eigenvalue weighted by molar-refractivity contribution is 5.69. The number of allylic oxidation sites excluding steroid dienone is 4. The van der Waals surface area contributed by atoms with E-state index >= 15 is 0 Å². The minimum Gasteiger partial charge on any atom is -0.463 e. The number of carbonyl (C=O) groups excluding carboxylic acids is 1. The Morgan fingerprint density at radius 2 is 1.42 bits per heavy atom. The van der Waals surface area contributed by atoms with Crippen molar-refractivity contribution in [3.05, 3.63) is 24.3 Å². The zero-order valence-corrected chi connectivity index (χ0v) is 18.9. The van der Waals surface area contributed by atoms with Crippen LogP contribution in [-0.4, -0.2) is 63.7 Å². The minimum atomic E-state index is -1.62. The van der Waals surface area contributed by atoms with Crippen LogP contribution in [0.3, 0.4) is 0 Å². The van der Waals surface area contributed by atoms with Crippen LogP contribution in [0.5, 0.6) is 0 Å². The Kier molecular flexibility index (Phi) is 15.5. The number of unbranched alkanes of at least 4 members (excludes halogenated alkanes) is 8. The summed E-state index contributed by atoms with van der Waals surface area (Å²) in [5.74, 6) is -0.406. The van der Waals surface area contributed by atoms with Crippen LogP contribution < -0.4 is 0 Å². The van der Waals surface area contributed by atoms with Gasteiger partial charge >= 0.3 is 5.97 Å². The third kappa shape index (κ3) is 12.4. The number of esters is 1. The van der Waals surface area contributed by atoms with Gasteiger partial charge in [0.25, 0.3) is 0 Å². The monoisotopic (exact) mass is 442 g/mol. The Morgan fingerprint density at radius 3 is 2.10 bits per heavy atom. The topological polar surface area (TPSA) is 116 Å². The minimum absolute atomic E-state index is 0.277. The Balaban J connectivity index is 1.96. The molecule has 7 heteroatoms. The lowest BCUT2D eigenvalue weighted by atomic mass is 9.99. The molecule has 4 N–H and O–H groups in total. The van der Waals surface area contributed by atoms with Crippen LogP contribution in [0, 0.1) is 0 Å². The molecule has 0 aromatic heterocycles. The van der Waals surface area contributed by atoms with Crippen molar-refractivity contribution in [2.45, 2.75) is 115 Å². The lowest BCUT2D eigenvalue weighted by molar-refractivity contribution is -0.287. The van der Waals surface area contributed by atoms with Gasteiger partial charge in [-0.3, -0.25) is 4.79 Å². The van der Waals surface area contributed by atoms with Crippen molar-refractivity contribution in [2.75, 3.05) is 6.61 Å². The number of hydrogen-bond acceptors (Lipinski definition) is 7. The molecule has 4 unspecified atom stereocenters. The molecule has 0 aromatic carbocycles. The summed E-state index contributed by atoms with van der Waals surface area (Å²) in [6, 6.07) is 0. The molecule has 1 aliphatic heterocycles. The molecule has 180 valence electrons. The fourth-order valence-electron chi connectivity index (χ4n) is 3.40. The van der Waals surface area contributed by atoms with Crippen LogP contribution in [0.4, 0.5) is 0 Å². The second-order valence-corrected chi connectivity index (χ2v) is 8.20. The van der Waals surface area contributed by atoms with Crippen molar-refractivity contribution < 1.29 is 34.7 Å². The van der Waals surface area contributed by atoms with Crippen LogP contribution in [0.15, 0.2) is 24.3 Å². The van der Waals surface area contributed by atoms with E-state index in [1.165, 1.54) is 25.7 Å². The second kappa shape index (κ2) is 17.3. The number of aliphatic hydroxyl groups is 4. The zero-order valence-electron chi connectivity index (χ0n) is 18.9. The van der Waals surface area contributed by atoms with Crippen molar-refractivity contribution in [3.8, 4) is 0 Å². The molecule has 1 aliphatic rings. The van der Waals surface area contributed by atoms with Gasteiger partial charge in [0.2, 0.25) is 0 Å². The zero-order chi connectivity index (χ0) is 22.9. The van der Waals surface area contributed by atoms with E-state index in [4.69, 9.17) is 9.47 Å². The predicted octanol–water partition coefficient (Wildman–Crippen LogP) is 3.14. The van der Waals surface area contributed by atoms with Gasteiger partial charge < -0.3 is 29.9 Å². The van der Waals surface area contributed by atoms with Gasteiger partial charge in [-0.25, -0.2) is 0 Å². The van der Waals surface area contributed by atoms with Crippen LogP contribution in [0.1, 0.15) is 84.0 Å². The SMILES string of the molecule is CCCCC/C=C\C/C=C\CCCCCCCC(=O)OCC1OC(O)[C@@H](O)C(O)C1O. The first-order valence-corrected chi connectivity index (χ1v) is 11.8. The van der Waals surface area contributed by atoms with Crippen LogP contribution >= 0.6 is 0 Å². The van der Waals surface area contributed by atoms with Gasteiger partial charge in [0, 0.05) is 6.42 Å². The van der Waals surface area contributed by atoms with Crippen LogP contribution in [0.25, 0.3) is 0 Å². The summed E-state index contributed by atoms with van der Waals surface area (Å²) in [5, 5.41) is 38.3. The molecule has 0 radical (unpaired) electrons. The van der Waals surface area contributed by atoms with Gasteiger partial charge in [-0.15, -0.1) is 0 Å². The van der Waals surface area contributed by atoms with Crippen molar-refractivity contribution in [2.24, 2.45) is 0 Å². The van der Waals surface area contributed by atoms with Gasteiger partial charge in [0.05, 0.1) is 0 Å². The number of rotatable bonds is 16. The van der Waals surface area contributed by atoms with Gasteiger partial charge in [-0.2, -0.15) is 0 Å². The number of aliphatic hydroxyl groups excluding tert-OH is 4. The molecule has 31 heavy (non-hydrogen) atoms. The molecule has 0 bridgehead atoms. The highest BCUT2D eigenvalue weighted by Gasteiger charge is 2.43. The summed E-state index contributed by atoms with van der Waals surface area (Å²) < 4.78 is 10.0. The summed E-state index contributed by atoms with van der Waals surface area (Å²) in [6.45, 7) is 1.94. The van der Waals surface area contributed by atoms with E-state index in [-0.39, 0.29) is 13.0 Å². The molecule has 0 spiro atoms. The van der Waals surface area contributed by atoms with E-state index < -0.39 is 36.7 Å². The maximum atomic E-state index is 11.8. The van der Waals surface area contributed by atoms with Crippen molar-refractivity contribution in [3.63, 3.8) is 0 Å². The average molecular weight is 443 g/mol. The van der Waals surface area contributed by atoms with E-state index in [0.29, 0.717) is 0 Å². The standard InChI is InChI=1S/C24H42O7/c1-2-3-4-5-6-7-8-9-10-11-12-13-14-15-16-17-20(25)30-18-19-21(26)22(27)23(28)24(29)31-19/h6-7,9-10,19,21-24,26-29H,2-5,8,11-18H2,1H3/b7-6-,10-9-/t19?,21?,22?,23-,24?/m0/s1. The lowest BCUT2D eigenvalue weighted by Crippen LogP contribution is -2.58. The Labute approximate surface area is 186 Å². The molecular weight excluding hydrogens is 400 g/mol. The fourth-order valence-corrected chi connectivity index (χ4v) is 3.40. The number of hydrogen-bond donors (Lipinski definition) is 4. The molecule has 0 amide bonds. The largest absolute Gasteiger partial charge is 0.463 e. The summed E-state index contributed by atoms with van der Waals surface area (Å²) in [4.78, 5) is 11.8. The second-order valence-electron chi connectivity index (χ2n) is 8.20. The number of ether oxygens (including phenoxy) is 2. The first-order valence-electron chi connectivity index (χ1n) is 11.8. The fraction of sp³-hybridized carbons (Fsp3) is 0.792. The Bertz CT molecular complexity index is 520. The molecule has 0 aliphatic carbocycles. The molecule has 5 atom stereocenters. The molecule has 1 heterocycles. The van der Waals surface area contributed by atoms with Gasteiger partial charge in [-0.1, -0.05) is 63.3 Å². The van der Waals surface area contributed by atoms with E-state index in [0.717, 1.165) is 44.9 Å². The molecular formula is C24H42O7. The molecule has 0 aromatic rings. The van der Waals surface area contributed by atoms with Gasteiger partial charge in [0.1, 0.15) is 31.0 Å². The molecule has 1 saturated heterocycles. The number of carbonyl (C=O) groups is 1. The predicted molar refractivity (Wildman–Crippen MR) is 119 cm³/mol. The van der Waals surface area contributed by atoms with Crippen molar-refractivity contribution >= 4 is 5.97 Å². The van der Waals surface area contributed by atoms with Crippen LogP contribution in [-0.2, 0) is 14.3 Å². The van der Waals surface area contributed by atoms with Crippen molar-refractivity contribution in [1.29, 1.82) is 0 Å². The highest BCUT2D eigenvalue weighted by Crippen LogP contribution is 2.20. The summed E-state index contributed by atoms with van der Waals surface area (Å²) in [6.07, 6.45) is 14.2. The highest BCUT2D eigenvalue weighted by atomic mass is 16.6. The van der Waals surface area contributed by atoms with E-state index in [2.05, 4.69) is 31.2 Å². The summed E-state index contributed by atoms with van der Waals surface area (Å²) in [7, 11) is 0. The van der Waals surface area contributed by atoms with Gasteiger partial charge in [-0.05, 0) is 38.5 Å². The maximum absolute atomic E-state index is 11.8. The molecule has 1 fully saturated rings. The quantitative estimate of drug-likeness (QED) is 0.165. The van der Waals surface area contributed by atoms with E-state index in [9.17, 15) is 25.2 Å². The molecule has 0 saturated carbocycles. The first-order chi connectivity index (χ1) is 15.0.